The molecule has 19 heavy (non-hydrogen) atoms. The van der Waals surface area contributed by atoms with Gasteiger partial charge < -0.3 is 10.6 Å². The van der Waals surface area contributed by atoms with Crippen LogP contribution in [0.3, 0.4) is 0 Å². The maximum Gasteiger partial charge on any atom is 0.220 e. The van der Waals surface area contributed by atoms with E-state index < -0.39 is 15.3 Å². The van der Waals surface area contributed by atoms with Gasteiger partial charge in [0.15, 0.2) is 0 Å². The van der Waals surface area contributed by atoms with Crippen LogP contribution in [0.1, 0.15) is 40.0 Å². The molecule has 0 aliphatic carbocycles. The zero-order chi connectivity index (χ0) is 15.1. The quantitative estimate of drug-likeness (QED) is 0.467. The predicted molar refractivity (Wildman–Crippen MR) is 84.8 cm³/mol. The molecule has 0 bridgehead atoms. The Hall–Kier alpha value is -0.240. The van der Waals surface area contributed by atoms with Gasteiger partial charge in [-0.3, -0.25) is 0 Å². The number of unbranched alkanes of at least 4 members (excludes halogenated alkanes) is 1. The summed E-state index contributed by atoms with van der Waals surface area (Å²) in [5.74, 6) is 0. The molecule has 0 aromatic rings. The fraction of sp³-hybridized carbons (Fsp3) is 0.917. The molecule has 0 radical (unpaired) electrons. The molecule has 0 saturated heterocycles. The fourth-order valence-electron chi connectivity index (χ4n) is 1.63. The van der Waals surface area contributed by atoms with Gasteiger partial charge >= 0.3 is 0 Å². The van der Waals surface area contributed by atoms with E-state index in [1.54, 1.807) is 6.92 Å². The molecule has 7 heteroatoms. The lowest BCUT2D eigenvalue weighted by atomic mass is 10.2. The molecular formula is C12H27N3O2S2. The fourth-order valence-corrected chi connectivity index (χ4v) is 3.55. The van der Waals surface area contributed by atoms with E-state index in [1.807, 2.05) is 0 Å². The number of sulfonamides is 1. The topological polar surface area (TPSA) is 75.4 Å². The summed E-state index contributed by atoms with van der Waals surface area (Å²) in [7, 11) is -1.35. The van der Waals surface area contributed by atoms with E-state index in [9.17, 15) is 8.42 Å². The Labute approximate surface area is 123 Å². The van der Waals surface area contributed by atoms with Crippen LogP contribution in [-0.2, 0) is 10.0 Å². The van der Waals surface area contributed by atoms with E-state index in [2.05, 4.69) is 30.5 Å². The standard InChI is InChI=1S/C12H27N3O2S2/c1-5-11(12(13)18)19(16,17)14-8-6-7-9-15(4)10(2)3/h10-11,14H,5-9H2,1-4H3,(H2,13,18). The number of nitrogens with one attached hydrogen (secondary N) is 1. The highest BCUT2D eigenvalue weighted by molar-refractivity contribution is 7.93. The first-order valence-corrected chi connectivity index (χ1v) is 8.65. The molecule has 1 unspecified atom stereocenters. The molecule has 3 N–H and O–H groups in total. The Kier molecular flexibility index (Phi) is 8.73. The van der Waals surface area contributed by atoms with Crippen LogP contribution in [0.15, 0.2) is 0 Å². The summed E-state index contributed by atoms with van der Waals surface area (Å²) in [5.41, 5.74) is 5.44. The van der Waals surface area contributed by atoms with Gasteiger partial charge in [-0.2, -0.15) is 0 Å². The van der Waals surface area contributed by atoms with Crippen molar-refractivity contribution in [2.24, 2.45) is 5.73 Å². The Morgan fingerprint density at radius 3 is 2.37 bits per heavy atom. The molecule has 0 amide bonds. The Morgan fingerprint density at radius 1 is 1.37 bits per heavy atom. The average molecular weight is 310 g/mol. The van der Waals surface area contributed by atoms with Crippen LogP contribution in [0.25, 0.3) is 0 Å². The van der Waals surface area contributed by atoms with Gasteiger partial charge in [0.2, 0.25) is 10.0 Å². The van der Waals surface area contributed by atoms with Crippen molar-refractivity contribution < 1.29 is 8.42 Å². The molecule has 5 nitrogen and oxygen atoms in total. The van der Waals surface area contributed by atoms with Gasteiger partial charge in [-0.25, -0.2) is 13.1 Å². The van der Waals surface area contributed by atoms with Crippen LogP contribution in [0.5, 0.6) is 0 Å². The lowest BCUT2D eigenvalue weighted by molar-refractivity contribution is 0.268. The van der Waals surface area contributed by atoms with Gasteiger partial charge in [-0.15, -0.1) is 0 Å². The molecule has 0 aliphatic heterocycles. The van der Waals surface area contributed by atoms with Crippen LogP contribution in [0.2, 0.25) is 0 Å². The van der Waals surface area contributed by atoms with E-state index in [1.165, 1.54) is 0 Å². The maximum absolute atomic E-state index is 11.9. The lowest BCUT2D eigenvalue weighted by Gasteiger charge is -2.20. The summed E-state index contributed by atoms with van der Waals surface area (Å²) in [4.78, 5) is 2.27. The van der Waals surface area contributed by atoms with Crippen molar-refractivity contribution in [3.8, 4) is 0 Å². The number of nitrogens with zero attached hydrogens (tertiary/aromatic N) is 1. The van der Waals surface area contributed by atoms with Crippen LogP contribution in [0.4, 0.5) is 0 Å². The molecule has 0 spiro atoms. The largest absolute Gasteiger partial charge is 0.392 e. The lowest BCUT2D eigenvalue weighted by Crippen LogP contribution is -2.42. The maximum atomic E-state index is 11.9. The normalized spacial score (nSPS) is 14.0. The second-order valence-corrected chi connectivity index (χ2v) is 7.44. The Morgan fingerprint density at radius 2 is 1.95 bits per heavy atom. The van der Waals surface area contributed by atoms with E-state index in [0.717, 1.165) is 19.4 Å². The molecular weight excluding hydrogens is 282 g/mol. The third-order valence-corrected chi connectivity index (χ3v) is 5.56. The van der Waals surface area contributed by atoms with Crippen LogP contribution in [-0.4, -0.2) is 49.7 Å². The number of thiocarbonyl (C=S) groups is 1. The molecule has 0 fully saturated rings. The van der Waals surface area contributed by atoms with E-state index >= 15 is 0 Å². The van der Waals surface area contributed by atoms with Crippen LogP contribution in [0, 0.1) is 0 Å². The highest BCUT2D eigenvalue weighted by atomic mass is 32.2. The molecule has 0 aliphatic rings. The van der Waals surface area contributed by atoms with Crippen molar-refractivity contribution in [3.05, 3.63) is 0 Å². The molecule has 0 aromatic heterocycles. The number of rotatable bonds is 10. The smallest absolute Gasteiger partial charge is 0.220 e. The molecule has 0 aromatic carbocycles. The van der Waals surface area contributed by atoms with Gasteiger partial charge in [0.25, 0.3) is 0 Å². The number of hydrogen-bond donors (Lipinski definition) is 2. The minimum atomic E-state index is -3.42. The summed E-state index contributed by atoms with van der Waals surface area (Å²) in [6.45, 7) is 7.44. The zero-order valence-electron chi connectivity index (χ0n) is 12.3. The first-order chi connectivity index (χ1) is 8.72. The van der Waals surface area contributed by atoms with Gasteiger partial charge in [0.05, 0.1) is 4.99 Å². The monoisotopic (exact) mass is 309 g/mol. The number of nitrogens with two attached hydrogens (primary N) is 1. The van der Waals surface area contributed by atoms with Crippen molar-refractivity contribution in [2.45, 2.75) is 51.3 Å². The minimum absolute atomic E-state index is 0.0366. The highest BCUT2D eigenvalue weighted by Crippen LogP contribution is 2.05. The SMILES string of the molecule is CCC(C(N)=S)S(=O)(=O)NCCCCN(C)C(C)C. The summed E-state index contributed by atoms with van der Waals surface area (Å²) < 4.78 is 26.4. The van der Waals surface area contributed by atoms with E-state index in [0.29, 0.717) is 19.0 Å². The molecule has 0 saturated carbocycles. The molecule has 1 atom stereocenters. The first kappa shape index (κ1) is 18.8. The summed E-state index contributed by atoms with van der Waals surface area (Å²) >= 11 is 4.78. The van der Waals surface area contributed by atoms with Crippen molar-refractivity contribution >= 4 is 27.2 Å². The van der Waals surface area contributed by atoms with Gasteiger partial charge in [-0.1, -0.05) is 19.1 Å². The van der Waals surface area contributed by atoms with Crippen molar-refractivity contribution in [1.29, 1.82) is 0 Å². The van der Waals surface area contributed by atoms with Gasteiger partial charge in [0.1, 0.15) is 5.25 Å². The second-order valence-electron chi connectivity index (χ2n) is 5.02. The number of hydrogen-bond acceptors (Lipinski definition) is 4. The Balaban J connectivity index is 4.03. The average Bonchev–Trinajstić information content (AvgIpc) is 2.27. The van der Waals surface area contributed by atoms with Crippen molar-refractivity contribution in [2.75, 3.05) is 20.1 Å². The Bertz CT molecular complexity index is 369. The minimum Gasteiger partial charge on any atom is -0.392 e. The zero-order valence-corrected chi connectivity index (χ0v) is 14.0. The summed E-state index contributed by atoms with van der Waals surface area (Å²) in [6, 6.07) is 0.510. The van der Waals surface area contributed by atoms with Crippen molar-refractivity contribution in [3.63, 3.8) is 0 Å². The second kappa shape index (κ2) is 8.84. The van der Waals surface area contributed by atoms with Crippen LogP contribution < -0.4 is 10.5 Å². The first-order valence-electron chi connectivity index (χ1n) is 6.70. The molecule has 0 rings (SSSR count). The van der Waals surface area contributed by atoms with Crippen LogP contribution >= 0.6 is 12.2 Å². The van der Waals surface area contributed by atoms with E-state index in [-0.39, 0.29) is 4.99 Å². The summed E-state index contributed by atoms with van der Waals surface area (Å²) in [5, 5.41) is -0.763. The van der Waals surface area contributed by atoms with Crippen molar-refractivity contribution in [1.82, 2.24) is 9.62 Å². The van der Waals surface area contributed by atoms with Gasteiger partial charge in [0, 0.05) is 12.6 Å². The molecule has 0 heterocycles. The highest BCUT2D eigenvalue weighted by Gasteiger charge is 2.25. The van der Waals surface area contributed by atoms with Gasteiger partial charge in [-0.05, 0) is 46.7 Å². The van der Waals surface area contributed by atoms with E-state index in [4.69, 9.17) is 18.0 Å². The predicted octanol–water partition coefficient (Wildman–Crippen LogP) is 1.09. The third kappa shape index (κ3) is 7.20. The molecule has 114 valence electrons. The third-order valence-electron chi connectivity index (χ3n) is 3.19. The summed E-state index contributed by atoms with van der Waals surface area (Å²) in [6.07, 6.45) is 2.17.